The lowest BCUT2D eigenvalue weighted by molar-refractivity contribution is -0.117. The minimum Gasteiger partial charge on any atom is -0.338 e. The number of nitrogens with zero attached hydrogens (tertiary/aromatic N) is 4. The van der Waals surface area contributed by atoms with Crippen molar-refractivity contribution in [1.29, 1.82) is 0 Å². The first-order valence-electron chi connectivity index (χ1n) is 10.4. The van der Waals surface area contributed by atoms with E-state index in [9.17, 15) is 14.4 Å². The Morgan fingerprint density at radius 3 is 2.74 bits per heavy atom. The van der Waals surface area contributed by atoms with Gasteiger partial charge in [-0.05, 0) is 38.3 Å². The smallest absolute Gasteiger partial charge is 0.321 e. The number of amides is 3. The third kappa shape index (κ3) is 4.48. The van der Waals surface area contributed by atoms with Gasteiger partial charge < -0.3 is 9.88 Å². The maximum absolute atomic E-state index is 13.2. The number of urea groups is 1. The minimum atomic E-state index is -0.513. The maximum Gasteiger partial charge on any atom is 0.321 e. The molecule has 0 aromatic heterocycles. The Hall–Kier alpha value is -3.14. The van der Waals surface area contributed by atoms with Gasteiger partial charge in [0.05, 0.1) is 11.4 Å². The first-order valence-corrected chi connectivity index (χ1v) is 11.4. The van der Waals surface area contributed by atoms with E-state index < -0.39 is 11.9 Å². The van der Waals surface area contributed by atoms with E-state index in [-0.39, 0.29) is 11.3 Å². The summed E-state index contributed by atoms with van der Waals surface area (Å²) in [5.74, 6) is 0.0207. The summed E-state index contributed by atoms with van der Waals surface area (Å²) in [5.41, 5.74) is 1.97. The number of benzene rings is 1. The van der Waals surface area contributed by atoms with Crippen molar-refractivity contribution in [2.45, 2.75) is 44.3 Å². The quantitative estimate of drug-likeness (QED) is 0.465. The summed E-state index contributed by atoms with van der Waals surface area (Å²) in [7, 11) is 0. The second-order valence-electron chi connectivity index (χ2n) is 7.25. The van der Waals surface area contributed by atoms with Gasteiger partial charge in [0.15, 0.2) is 11.0 Å². The van der Waals surface area contributed by atoms with Gasteiger partial charge in [0, 0.05) is 18.8 Å². The molecular formula is C21H24N6O3S. The van der Waals surface area contributed by atoms with Crippen LogP contribution in [0.2, 0.25) is 0 Å². The van der Waals surface area contributed by atoms with Gasteiger partial charge in [0.2, 0.25) is 5.91 Å². The molecule has 3 heterocycles. The predicted octanol–water partition coefficient (Wildman–Crippen LogP) is 2.20. The molecule has 1 aromatic carbocycles. The summed E-state index contributed by atoms with van der Waals surface area (Å²) in [4.78, 5) is 41.6. The second-order valence-corrected chi connectivity index (χ2v) is 8.19. The van der Waals surface area contributed by atoms with Gasteiger partial charge in [-0.2, -0.15) is 4.68 Å². The minimum absolute atomic E-state index is 0.0404. The standard InChI is InChI=1S/C21H24N6O3S/c1-2-22-20(30)23-16(28)13-31-21-24-18-17(15-11-7-4-8-12-26(15)21)19(29)27(25-18)14-9-5-3-6-10-14/h3,5-6,9-10H,2,4,7-8,11-13H2,1H3,(H2,22,23,28,30). The van der Waals surface area contributed by atoms with Gasteiger partial charge in [-0.3, -0.25) is 14.9 Å². The van der Waals surface area contributed by atoms with Gasteiger partial charge in [-0.25, -0.2) is 9.78 Å². The summed E-state index contributed by atoms with van der Waals surface area (Å²) in [6.07, 6.45) is 3.78. The molecule has 0 atom stereocenters. The topological polar surface area (TPSA) is 111 Å². The zero-order valence-corrected chi connectivity index (χ0v) is 18.1. The highest BCUT2D eigenvalue weighted by Crippen LogP contribution is 2.30. The summed E-state index contributed by atoms with van der Waals surface area (Å²) in [6.45, 7) is 2.95. The zero-order valence-electron chi connectivity index (χ0n) is 17.3. The molecule has 0 saturated heterocycles. The summed E-state index contributed by atoms with van der Waals surface area (Å²) < 4.78 is 3.43. The average Bonchev–Trinajstić information content (AvgIpc) is 2.93. The third-order valence-electron chi connectivity index (χ3n) is 5.09. The lowest BCUT2D eigenvalue weighted by Crippen LogP contribution is -2.40. The monoisotopic (exact) mass is 440 g/mol. The van der Waals surface area contributed by atoms with E-state index in [1.54, 1.807) is 6.92 Å². The molecule has 1 aromatic rings. The zero-order chi connectivity index (χ0) is 21.8. The molecule has 9 nitrogen and oxygen atoms in total. The predicted molar refractivity (Wildman–Crippen MR) is 118 cm³/mol. The van der Waals surface area contributed by atoms with E-state index in [2.05, 4.69) is 20.7 Å². The van der Waals surface area contributed by atoms with Crippen molar-refractivity contribution in [3.05, 3.63) is 46.4 Å². The van der Waals surface area contributed by atoms with Crippen molar-refractivity contribution in [1.82, 2.24) is 30.0 Å². The van der Waals surface area contributed by atoms with E-state index in [1.807, 2.05) is 34.9 Å². The molecule has 162 valence electrons. The molecule has 0 aliphatic carbocycles. The fourth-order valence-electron chi connectivity index (χ4n) is 3.71. The normalized spacial score (nSPS) is 13.5. The van der Waals surface area contributed by atoms with Crippen molar-refractivity contribution in [2.24, 2.45) is 0 Å². The Balaban J connectivity index is 1.70. The summed E-state index contributed by atoms with van der Waals surface area (Å²) >= 11 is 1.25. The van der Waals surface area contributed by atoms with E-state index >= 15 is 0 Å². The number of hydrogen-bond acceptors (Lipinski definition) is 6. The molecule has 2 N–H and O–H groups in total. The number of rotatable bonds is 5. The van der Waals surface area contributed by atoms with Gasteiger partial charge in [-0.15, -0.1) is 5.10 Å². The van der Waals surface area contributed by atoms with Crippen molar-refractivity contribution < 1.29 is 9.59 Å². The average molecular weight is 441 g/mol. The van der Waals surface area contributed by atoms with Crippen molar-refractivity contribution in [2.75, 3.05) is 12.3 Å². The Morgan fingerprint density at radius 2 is 1.97 bits per heavy atom. The lowest BCUT2D eigenvalue weighted by atomic mass is 10.1. The van der Waals surface area contributed by atoms with Crippen molar-refractivity contribution in [3.8, 4) is 17.1 Å². The molecule has 3 aliphatic heterocycles. The number of carbonyl (C=O) groups is 2. The molecule has 0 fully saturated rings. The Labute approximate surface area is 183 Å². The van der Waals surface area contributed by atoms with Crippen LogP contribution in [0.1, 0.15) is 31.9 Å². The highest BCUT2D eigenvalue weighted by atomic mass is 32.2. The van der Waals surface area contributed by atoms with E-state index in [0.29, 0.717) is 28.8 Å². The highest BCUT2D eigenvalue weighted by Gasteiger charge is 2.27. The van der Waals surface area contributed by atoms with E-state index in [4.69, 9.17) is 0 Å². The van der Waals surface area contributed by atoms with Crippen LogP contribution < -0.4 is 16.2 Å². The fraction of sp³-hybridized carbons (Fsp3) is 0.381. The van der Waals surface area contributed by atoms with Crippen LogP contribution in [0.25, 0.3) is 17.1 Å². The van der Waals surface area contributed by atoms with Crippen LogP contribution in [-0.4, -0.2) is 43.6 Å². The van der Waals surface area contributed by atoms with Crippen LogP contribution in [0, 0.1) is 0 Å². The molecule has 0 saturated carbocycles. The SMILES string of the molecule is CCNC(=O)NC(=O)CSc1nc2nn(-c3ccccc3)c(=O)c-2c2n1CCCCC2. The molecule has 31 heavy (non-hydrogen) atoms. The highest BCUT2D eigenvalue weighted by molar-refractivity contribution is 7.99. The Morgan fingerprint density at radius 1 is 1.16 bits per heavy atom. The molecule has 0 radical (unpaired) electrons. The molecular weight excluding hydrogens is 416 g/mol. The molecule has 0 unspecified atom stereocenters. The van der Waals surface area contributed by atoms with Crippen LogP contribution in [0.5, 0.6) is 0 Å². The van der Waals surface area contributed by atoms with Crippen LogP contribution in [0.4, 0.5) is 4.79 Å². The number of thioether (sulfide) groups is 1. The van der Waals surface area contributed by atoms with Crippen LogP contribution in [0.3, 0.4) is 0 Å². The molecule has 3 aliphatic rings. The van der Waals surface area contributed by atoms with Crippen molar-refractivity contribution in [3.63, 3.8) is 0 Å². The number of nitrogens with one attached hydrogen (secondary N) is 2. The second kappa shape index (κ2) is 9.34. The molecule has 0 bridgehead atoms. The number of imide groups is 1. The number of fused-ring (bicyclic) bond motifs is 3. The number of carbonyl (C=O) groups excluding carboxylic acids is 2. The fourth-order valence-corrected chi connectivity index (χ4v) is 4.55. The van der Waals surface area contributed by atoms with Gasteiger partial charge in [-0.1, -0.05) is 36.4 Å². The first kappa shape index (κ1) is 21.1. The molecule has 0 spiro atoms. The van der Waals surface area contributed by atoms with Gasteiger partial charge in [0.25, 0.3) is 5.56 Å². The largest absolute Gasteiger partial charge is 0.338 e. The van der Waals surface area contributed by atoms with Crippen LogP contribution >= 0.6 is 11.8 Å². The van der Waals surface area contributed by atoms with Gasteiger partial charge in [0.1, 0.15) is 5.56 Å². The Kier molecular flexibility index (Phi) is 6.36. The Bertz CT molecular complexity index is 1120. The third-order valence-corrected chi connectivity index (χ3v) is 6.07. The van der Waals surface area contributed by atoms with Crippen LogP contribution in [0.15, 0.2) is 40.3 Å². The first-order chi connectivity index (χ1) is 15.1. The molecule has 3 amide bonds. The summed E-state index contributed by atoms with van der Waals surface area (Å²) in [5, 5.41) is 9.95. The molecule has 10 heteroatoms. The van der Waals surface area contributed by atoms with E-state index in [0.717, 1.165) is 37.9 Å². The van der Waals surface area contributed by atoms with Crippen molar-refractivity contribution >= 4 is 23.7 Å². The summed E-state index contributed by atoms with van der Waals surface area (Å²) in [6, 6.07) is 8.76. The number of aromatic nitrogens is 4. The maximum atomic E-state index is 13.2. The van der Waals surface area contributed by atoms with E-state index in [1.165, 1.54) is 16.4 Å². The number of hydrogen-bond donors (Lipinski definition) is 2. The van der Waals surface area contributed by atoms with Crippen LogP contribution in [-0.2, 0) is 17.8 Å². The lowest BCUT2D eigenvalue weighted by Gasteiger charge is -2.17. The molecule has 4 rings (SSSR count). The van der Waals surface area contributed by atoms with Gasteiger partial charge >= 0.3 is 6.03 Å². The number of para-hydroxylation sites is 1.